The molecule has 0 fully saturated rings. The van der Waals surface area contributed by atoms with E-state index in [0.717, 1.165) is 27.6 Å². The molecule has 3 aromatic carbocycles. The van der Waals surface area contributed by atoms with Crippen molar-refractivity contribution in [2.45, 2.75) is 50.6 Å². The van der Waals surface area contributed by atoms with Gasteiger partial charge < -0.3 is 40.8 Å². The average Bonchev–Trinajstić information content (AvgIpc) is 3.49. The van der Waals surface area contributed by atoms with E-state index in [0.29, 0.717) is 0 Å². The lowest BCUT2D eigenvalue weighted by Gasteiger charge is -2.27. The summed E-state index contributed by atoms with van der Waals surface area (Å²) in [5.74, 6) is -1.92. The van der Waals surface area contributed by atoms with E-state index in [1.807, 2.05) is 84.9 Å². The Balaban J connectivity index is 1.50. The van der Waals surface area contributed by atoms with Crippen molar-refractivity contribution in [1.29, 1.82) is 0 Å². The van der Waals surface area contributed by atoms with Gasteiger partial charge in [0.25, 0.3) is 5.91 Å². The summed E-state index contributed by atoms with van der Waals surface area (Å²) in [5.41, 5.74) is 3.19. The number of alkyl carbamates (subject to hydrolysis) is 1. The number of para-hydroxylation sites is 1. The Morgan fingerprint density at radius 3 is 2.15 bits per heavy atom. The molecule has 0 radical (unpaired) electrons. The van der Waals surface area contributed by atoms with Crippen LogP contribution >= 0.6 is 0 Å². The molecule has 1 unspecified atom stereocenters. The Morgan fingerprint density at radius 2 is 1.45 bits per heavy atom. The van der Waals surface area contributed by atoms with Gasteiger partial charge in [-0.3, -0.25) is 14.4 Å². The monoisotopic (exact) mass is 643 g/mol. The van der Waals surface area contributed by atoms with Gasteiger partial charge in [0.05, 0.1) is 12.6 Å². The highest BCUT2D eigenvalue weighted by atomic mass is 16.5. The molecule has 4 rings (SSSR count). The van der Waals surface area contributed by atoms with E-state index in [4.69, 9.17) is 9.47 Å². The first-order valence-corrected chi connectivity index (χ1v) is 15.4. The molecule has 1 heterocycles. The van der Waals surface area contributed by atoms with E-state index in [-0.39, 0.29) is 32.6 Å². The van der Waals surface area contributed by atoms with Gasteiger partial charge in [-0.15, -0.1) is 0 Å². The van der Waals surface area contributed by atoms with E-state index >= 15 is 0 Å². The maximum absolute atomic E-state index is 13.9. The molecule has 0 saturated heterocycles. The number of nitrogens with one attached hydrogen (secondary N) is 5. The largest absolute Gasteiger partial charge is 0.445 e. The summed E-state index contributed by atoms with van der Waals surface area (Å²) < 4.78 is 10.2. The fraction of sp³-hybridized carbons (Fsp3) is 0.314. The second kappa shape index (κ2) is 17.5. The van der Waals surface area contributed by atoms with Crippen LogP contribution in [0.4, 0.5) is 4.79 Å². The molecule has 12 heteroatoms. The van der Waals surface area contributed by atoms with E-state index in [9.17, 15) is 24.3 Å². The predicted octanol–water partition coefficient (Wildman–Crippen LogP) is 2.36. The molecule has 4 aromatic rings. The van der Waals surface area contributed by atoms with Gasteiger partial charge in [-0.1, -0.05) is 78.9 Å². The zero-order valence-corrected chi connectivity index (χ0v) is 26.4. The summed E-state index contributed by atoms with van der Waals surface area (Å²) in [5, 5.41) is 22.6. The topological polar surface area (TPSA) is 171 Å². The van der Waals surface area contributed by atoms with Crippen LogP contribution in [0.5, 0.6) is 0 Å². The van der Waals surface area contributed by atoms with Crippen LogP contribution in [-0.2, 0) is 43.3 Å². The van der Waals surface area contributed by atoms with Crippen LogP contribution in [0, 0.1) is 0 Å². The Bertz CT molecular complexity index is 1610. The molecule has 6 N–H and O–H groups in total. The van der Waals surface area contributed by atoms with Crippen molar-refractivity contribution in [3.8, 4) is 0 Å². The lowest BCUT2D eigenvalue weighted by molar-refractivity contribution is -0.134. The molecule has 0 spiro atoms. The van der Waals surface area contributed by atoms with Crippen molar-refractivity contribution < 1.29 is 33.8 Å². The molecule has 1 aromatic heterocycles. The fourth-order valence-electron chi connectivity index (χ4n) is 4.99. The zero-order chi connectivity index (χ0) is 33.6. The van der Waals surface area contributed by atoms with Gasteiger partial charge in [-0.25, -0.2) is 4.79 Å². The quantitative estimate of drug-likeness (QED) is 0.102. The highest BCUT2D eigenvalue weighted by Crippen LogP contribution is 2.19. The van der Waals surface area contributed by atoms with E-state index in [1.165, 1.54) is 14.0 Å². The molecule has 248 valence electrons. The first-order chi connectivity index (χ1) is 22.7. The number of aliphatic hydroxyl groups excluding tert-OH is 1. The lowest BCUT2D eigenvalue weighted by atomic mass is 9.98. The van der Waals surface area contributed by atoms with Crippen molar-refractivity contribution in [3.63, 3.8) is 0 Å². The summed E-state index contributed by atoms with van der Waals surface area (Å²) in [6.45, 7) is 1.93. The number of aliphatic hydroxyl groups is 1. The minimum Gasteiger partial charge on any atom is -0.445 e. The standard InChI is InChI=1S/C35H41N5O7/c1-23(38-35(45)47-22-25-13-7-4-8-14-25)32(42)40-30(20-26-21-37-28-16-10-9-15-27(26)28)33(43)39-29(19-24-11-5-3-6-12-24)31(41)34(44)36-17-18-46-2/h3-16,21,23,29-31,37,41H,17-20,22H2,1-2H3,(H,36,44)(H,38,45)(H,39,43)(H,40,42)/t23-,29-,30-,31?/m0/s1. The highest BCUT2D eigenvalue weighted by molar-refractivity contribution is 5.93. The number of carbonyl (C=O) groups is 4. The van der Waals surface area contributed by atoms with Crippen molar-refractivity contribution in [1.82, 2.24) is 26.3 Å². The Kier molecular flexibility index (Phi) is 12.9. The first kappa shape index (κ1) is 34.7. The molecule has 0 aliphatic heterocycles. The van der Waals surface area contributed by atoms with Crippen LogP contribution in [0.15, 0.2) is 91.1 Å². The van der Waals surface area contributed by atoms with E-state index < -0.39 is 48.0 Å². The number of carbonyl (C=O) groups excluding carboxylic acids is 4. The van der Waals surface area contributed by atoms with Crippen molar-refractivity contribution in [2.24, 2.45) is 0 Å². The summed E-state index contributed by atoms with van der Waals surface area (Å²) in [6.07, 6.45) is -0.398. The molecule has 12 nitrogen and oxygen atoms in total. The van der Waals surface area contributed by atoms with Crippen LogP contribution in [0.2, 0.25) is 0 Å². The summed E-state index contributed by atoms with van der Waals surface area (Å²) in [6, 6.07) is 22.6. The second-order valence-electron chi connectivity index (χ2n) is 11.1. The summed E-state index contributed by atoms with van der Waals surface area (Å²) in [7, 11) is 1.49. The minimum atomic E-state index is -1.60. The smallest absolute Gasteiger partial charge is 0.408 e. The van der Waals surface area contributed by atoms with Crippen LogP contribution in [0.25, 0.3) is 10.9 Å². The average molecular weight is 644 g/mol. The number of ether oxygens (including phenoxy) is 2. The number of fused-ring (bicyclic) bond motifs is 1. The van der Waals surface area contributed by atoms with Gasteiger partial charge in [0.2, 0.25) is 11.8 Å². The molecule has 4 atom stereocenters. The number of hydrogen-bond acceptors (Lipinski definition) is 7. The molecule has 0 bridgehead atoms. The molecular formula is C35H41N5O7. The molecule has 0 aliphatic carbocycles. The van der Waals surface area contributed by atoms with Gasteiger partial charge >= 0.3 is 6.09 Å². The maximum Gasteiger partial charge on any atom is 0.408 e. The number of benzene rings is 3. The van der Waals surface area contributed by atoms with Crippen molar-refractivity contribution in [3.05, 3.63) is 108 Å². The normalized spacial score (nSPS) is 13.5. The molecule has 47 heavy (non-hydrogen) atoms. The third-order valence-electron chi connectivity index (χ3n) is 7.55. The molecular weight excluding hydrogens is 602 g/mol. The number of H-pyrrole nitrogens is 1. The maximum atomic E-state index is 13.9. The molecule has 4 amide bonds. The second-order valence-corrected chi connectivity index (χ2v) is 11.1. The fourth-order valence-corrected chi connectivity index (χ4v) is 4.99. The predicted molar refractivity (Wildman–Crippen MR) is 176 cm³/mol. The van der Waals surface area contributed by atoms with Gasteiger partial charge in [0.1, 0.15) is 18.7 Å². The van der Waals surface area contributed by atoms with Crippen LogP contribution in [0.3, 0.4) is 0 Å². The van der Waals surface area contributed by atoms with Gasteiger partial charge in [0.15, 0.2) is 6.10 Å². The van der Waals surface area contributed by atoms with Gasteiger partial charge in [-0.2, -0.15) is 0 Å². The third kappa shape index (κ3) is 10.4. The Labute approximate surface area is 273 Å². The number of aromatic nitrogens is 1. The van der Waals surface area contributed by atoms with Crippen LogP contribution < -0.4 is 21.3 Å². The van der Waals surface area contributed by atoms with Gasteiger partial charge in [-0.05, 0) is 36.1 Å². The zero-order valence-electron chi connectivity index (χ0n) is 26.4. The number of aromatic amines is 1. The Hall–Kier alpha value is -5.20. The minimum absolute atomic E-state index is 0.0246. The van der Waals surface area contributed by atoms with Crippen LogP contribution in [-0.4, -0.2) is 78.4 Å². The number of rotatable bonds is 16. The number of methoxy groups -OCH3 is 1. The third-order valence-corrected chi connectivity index (χ3v) is 7.55. The van der Waals surface area contributed by atoms with Crippen molar-refractivity contribution in [2.75, 3.05) is 20.3 Å². The number of amides is 4. The molecule has 0 aliphatic rings. The lowest BCUT2D eigenvalue weighted by Crippen LogP contribution is -2.58. The SMILES string of the molecule is COCCNC(=O)C(O)[C@H](Cc1ccccc1)NC(=O)[C@H](Cc1c[nH]c2ccccc12)NC(=O)[C@H](C)NC(=O)OCc1ccccc1. The summed E-state index contributed by atoms with van der Waals surface area (Å²) in [4.78, 5) is 55.7. The highest BCUT2D eigenvalue weighted by Gasteiger charge is 2.32. The molecule has 0 saturated carbocycles. The Morgan fingerprint density at radius 1 is 0.787 bits per heavy atom. The summed E-state index contributed by atoms with van der Waals surface area (Å²) >= 11 is 0. The van der Waals surface area contributed by atoms with Gasteiger partial charge in [0, 0.05) is 37.2 Å². The van der Waals surface area contributed by atoms with E-state index in [2.05, 4.69) is 26.3 Å². The van der Waals surface area contributed by atoms with Crippen LogP contribution in [0.1, 0.15) is 23.6 Å². The van der Waals surface area contributed by atoms with Crippen molar-refractivity contribution >= 4 is 34.7 Å². The van der Waals surface area contributed by atoms with E-state index in [1.54, 1.807) is 6.20 Å². The first-order valence-electron chi connectivity index (χ1n) is 15.4. The number of hydrogen-bond donors (Lipinski definition) is 6.